The molecule has 176 valence electrons. The average molecular weight is 474 g/mol. The highest BCUT2D eigenvalue weighted by Gasteiger charge is 2.26. The van der Waals surface area contributed by atoms with E-state index in [4.69, 9.17) is 21.1 Å². The van der Waals surface area contributed by atoms with Crippen molar-refractivity contribution in [2.75, 3.05) is 51.8 Å². The zero-order chi connectivity index (χ0) is 23.8. The number of rotatable bonds is 11. The summed E-state index contributed by atoms with van der Waals surface area (Å²) in [6.07, 6.45) is 0.796. The number of benzene rings is 2. The van der Waals surface area contributed by atoms with Gasteiger partial charge in [0.15, 0.2) is 19.0 Å². The summed E-state index contributed by atoms with van der Waals surface area (Å²) in [4.78, 5) is 40.7. The number of likely N-dealkylation sites (N-methyl/N-ethyl adjacent to an activating group) is 1. The Hall–Kier alpha value is -3.10. The number of nitrogens with zero attached hydrogens (tertiary/aromatic N) is 2. The zero-order valence-electron chi connectivity index (χ0n) is 18.8. The first kappa shape index (κ1) is 24.5. The van der Waals surface area contributed by atoms with Crippen LogP contribution in [-0.2, 0) is 9.59 Å². The van der Waals surface area contributed by atoms with Crippen LogP contribution in [-0.4, -0.2) is 69.4 Å². The van der Waals surface area contributed by atoms with Crippen molar-refractivity contribution in [3.8, 4) is 11.5 Å². The van der Waals surface area contributed by atoms with Crippen LogP contribution in [0.5, 0.6) is 11.5 Å². The summed E-state index contributed by atoms with van der Waals surface area (Å²) in [6.45, 7) is 1.42. The predicted octanol–water partition coefficient (Wildman–Crippen LogP) is 2.79. The normalized spacial score (nSPS) is 12.8. The van der Waals surface area contributed by atoms with E-state index in [0.717, 1.165) is 6.54 Å². The fourth-order valence-corrected chi connectivity index (χ4v) is 3.50. The molecule has 0 spiro atoms. The fourth-order valence-electron chi connectivity index (χ4n) is 3.31. The highest BCUT2D eigenvalue weighted by atomic mass is 35.5. The number of hydrogen-bond donors (Lipinski definition) is 1. The SMILES string of the molecule is CN(C)CCNC(=O)CCCN1C(=O)COc2ccc(C(=O)COc3ccccc3Cl)cc21. The molecule has 0 aromatic heterocycles. The first-order valence-electron chi connectivity index (χ1n) is 10.7. The monoisotopic (exact) mass is 473 g/mol. The van der Waals surface area contributed by atoms with Crippen LogP contribution in [0.25, 0.3) is 0 Å². The molecule has 0 unspecified atom stereocenters. The number of hydrogen-bond acceptors (Lipinski definition) is 6. The lowest BCUT2D eigenvalue weighted by atomic mass is 10.1. The van der Waals surface area contributed by atoms with Crippen molar-refractivity contribution in [2.45, 2.75) is 12.8 Å². The summed E-state index contributed by atoms with van der Waals surface area (Å²) in [7, 11) is 3.88. The van der Waals surface area contributed by atoms with Crippen molar-refractivity contribution in [1.29, 1.82) is 0 Å². The molecule has 2 aromatic rings. The molecule has 1 aliphatic heterocycles. The standard InChI is InChI=1S/C24H28ClN3O5/c1-27(2)13-11-26-23(30)8-5-12-28-19-14-17(9-10-22(19)33-16-24(28)31)20(29)15-32-21-7-4-3-6-18(21)25/h3-4,6-7,9-10,14H,5,8,11-13,15-16H2,1-2H3,(H,26,30). The molecule has 2 amide bonds. The largest absolute Gasteiger partial charge is 0.484 e. The molecule has 0 atom stereocenters. The van der Waals surface area contributed by atoms with Gasteiger partial charge in [-0.15, -0.1) is 0 Å². The molecular formula is C24H28ClN3O5. The Morgan fingerprint density at radius 2 is 2.00 bits per heavy atom. The summed E-state index contributed by atoms with van der Waals surface area (Å²) in [5, 5.41) is 3.28. The van der Waals surface area contributed by atoms with Gasteiger partial charge in [0.1, 0.15) is 11.5 Å². The molecule has 1 N–H and O–H groups in total. The second-order valence-corrected chi connectivity index (χ2v) is 8.32. The number of fused-ring (bicyclic) bond motifs is 1. The van der Waals surface area contributed by atoms with Crippen molar-refractivity contribution in [1.82, 2.24) is 10.2 Å². The maximum Gasteiger partial charge on any atom is 0.265 e. The van der Waals surface area contributed by atoms with E-state index in [-0.39, 0.29) is 30.8 Å². The molecule has 9 heteroatoms. The number of nitrogens with one attached hydrogen (secondary N) is 1. The second-order valence-electron chi connectivity index (χ2n) is 7.92. The molecular weight excluding hydrogens is 446 g/mol. The molecule has 1 heterocycles. The van der Waals surface area contributed by atoms with Gasteiger partial charge >= 0.3 is 0 Å². The van der Waals surface area contributed by atoms with Gasteiger partial charge in [-0.25, -0.2) is 0 Å². The molecule has 0 bridgehead atoms. The molecule has 33 heavy (non-hydrogen) atoms. The first-order valence-corrected chi connectivity index (χ1v) is 11.1. The minimum atomic E-state index is -0.254. The van der Waals surface area contributed by atoms with Crippen LogP contribution in [0.2, 0.25) is 5.02 Å². The van der Waals surface area contributed by atoms with Gasteiger partial charge in [0.25, 0.3) is 5.91 Å². The zero-order valence-corrected chi connectivity index (χ0v) is 19.6. The van der Waals surface area contributed by atoms with E-state index in [0.29, 0.717) is 53.7 Å². The molecule has 0 fully saturated rings. The Labute approximate surface area is 198 Å². The molecule has 0 radical (unpaired) electrons. The Morgan fingerprint density at radius 3 is 2.76 bits per heavy atom. The number of carbonyl (C=O) groups excluding carboxylic acids is 3. The van der Waals surface area contributed by atoms with Gasteiger partial charge < -0.3 is 24.6 Å². The topological polar surface area (TPSA) is 88.2 Å². The highest BCUT2D eigenvalue weighted by Crippen LogP contribution is 2.33. The Balaban J connectivity index is 1.61. The lowest BCUT2D eigenvalue weighted by molar-refractivity contribution is -0.122. The van der Waals surface area contributed by atoms with E-state index < -0.39 is 0 Å². The molecule has 2 aromatic carbocycles. The molecule has 3 rings (SSSR count). The summed E-state index contributed by atoms with van der Waals surface area (Å²) < 4.78 is 11.1. The van der Waals surface area contributed by atoms with Crippen molar-refractivity contribution < 1.29 is 23.9 Å². The minimum absolute atomic E-state index is 0.0570. The number of anilines is 1. The van der Waals surface area contributed by atoms with E-state index in [1.807, 2.05) is 19.0 Å². The number of halogens is 1. The van der Waals surface area contributed by atoms with Crippen molar-refractivity contribution in [3.05, 3.63) is 53.1 Å². The predicted molar refractivity (Wildman–Crippen MR) is 126 cm³/mol. The first-order chi connectivity index (χ1) is 15.8. The molecule has 0 saturated heterocycles. The number of para-hydroxylation sites is 1. The number of ether oxygens (including phenoxy) is 2. The quantitative estimate of drug-likeness (QED) is 0.505. The number of Topliss-reactive ketones (excluding diaryl/α,β-unsaturated/α-hetero) is 1. The number of carbonyl (C=O) groups is 3. The van der Waals surface area contributed by atoms with Gasteiger partial charge in [-0.05, 0) is 50.8 Å². The molecule has 1 aliphatic rings. The van der Waals surface area contributed by atoms with Gasteiger partial charge in [-0.1, -0.05) is 23.7 Å². The van der Waals surface area contributed by atoms with Gasteiger partial charge in [0.05, 0.1) is 10.7 Å². The van der Waals surface area contributed by atoms with Crippen LogP contribution < -0.4 is 19.7 Å². The second kappa shape index (κ2) is 11.7. The van der Waals surface area contributed by atoms with E-state index >= 15 is 0 Å². The van der Waals surface area contributed by atoms with E-state index in [1.54, 1.807) is 47.4 Å². The average Bonchev–Trinajstić information content (AvgIpc) is 2.79. The van der Waals surface area contributed by atoms with Crippen molar-refractivity contribution in [2.24, 2.45) is 0 Å². The third-order valence-electron chi connectivity index (χ3n) is 5.09. The van der Waals surface area contributed by atoms with Crippen LogP contribution in [0.4, 0.5) is 5.69 Å². The third kappa shape index (κ3) is 6.94. The van der Waals surface area contributed by atoms with E-state index in [2.05, 4.69) is 5.32 Å². The van der Waals surface area contributed by atoms with Gasteiger partial charge in [0, 0.05) is 31.6 Å². The number of ketones is 1. The molecule has 0 aliphatic carbocycles. The van der Waals surface area contributed by atoms with Gasteiger partial charge in [-0.2, -0.15) is 0 Å². The summed E-state index contributed by atoms with van der Waals surface area (Å²) in [5.74, 6) is 0.421. The maximum atomic E-state index is 12.7. The third-order valence-corrected chi connectivity index (χ3v) is 5.40. The fraction of sp³-hybridized carbons (Fsp3) is 0.375. The number of amides is 2. The van der Waals surface area contributed by atoms with Crippen molar-refractivity contribution in [3.63, 3.8) is 0 Å². The van der Waals surface area contributed by atoms with Gasteiger partial charge in [0.2, 0.25) is 5.91 Å². The minimum Gasteiger partial charge on any atom is -0.484 e. The summed E-state index contributed by atoms with van der Waals surface area (Å²) in [6, 6.07) is 11.9. The maximum absolute atomic E-state index is 12.7. The molecule has 8 nitrogen and oxygen atoms in total. The molecule has 0 saturated carbocycles. The van der Waals surface area contributed by atoms with Crippen LogP contribution in [0.3, 0.4) is 0 Å². The highest BCUT2D eigenvalue weighted by molar-refractivity contribution is 6.32. The van der Waals surface area contributed by atoms with Crippen LogP contribution in [0.1, 0.15) is 23.2 Å². The van der Waals surface area contributed by atoms with Crippen LogP contribution >= 0.6 is 11.6 Å². The lowest BCUT2D eigenvalue weighted by Gasteiger charge is -2.29. The Morgan fingerprint density at radius 1 is 1.21 bits per heavy atom. The summed E-state index contributed by atoms with van der Waals surface area (Å²) in [5.41, 5.74) is 0.911. The van der Waals surface area contributed by atoms with Gasteiger partial charge in [-0.3, -0.25) is 14.4 Å². The van der Waals surface area contributed by atoms with Crippen LogP contribution in [0.15, 0.2) is 42.5 Å². The van der Waals surface area contributed by atoms with Crippen molar-refractivity contribution >= 4 is 34.9 Å². The van der Waals surface area contributed by atoms with E-state index in [1.165, 1.54) is 0 Å². The Bertz CT molecular complexity index is 1010. The summed E-state index contributed by atoms with van der Waals surface area (Å²) >= 11 is 6.07. The smallest absolute Gasteiger partial charge is 0.265 e. The lowest BCUT2D eigenvalue weighted by Crippen LogP contribution is -2.40. The van der Waals surface area contributed by atoms with E-state index in [9.17, 15) is 14.4 Å². The van der Waals surface area contributed by atoms with Crippen LogP contribution in [0, 0.1) is 0 Å². The Kier molecular flexibility index (Phi) is 8.68.